The van der Waals surface area contributed by atoms with E-state index in [1.165, 1.54) is 0 Å². The minimum Gasteiger partial charge on any atom is -0.454 e. The Morgan fingerprint density at radius 3 is 2.50 bits per heavy atom. The molecule has 26 heavy (non-hydrogen) atoms. The first-order chi connectivity index (χ1) is 12.7. The van der Waals surface area contributed by atoms with Crippen molar-refractivity contribution in [2.24, 2.45) is 0 Å². The minimum absolute atomic E-state index is 0.562. The Balaban J connectivity index is 1.79. The van der Waals surface area contributed by atoms with Gasteiger partial charge in [0.2, 0.25) is 0 Å². The van der Waals surface area contributed by atoms with Gasteiger partial charge in [-0.05, 0) is 36.8 Å². The highest BCUT2D eigenvalue weighted by Crippen LogP contribution is 2.34. The summed E-state index contributed by atoms with van der Waals surface area (Å²) >= 11 is 6.29. The molecule has 5 heteroatoms. The second-order valence-electron chi connectivity index (χ2n) is 5.90. The van der Waals surface area contributed by atoms with Crippen molar-refractivity contribution in [3.63, 3.8) is 0 Å². The summed E-state index contributed by atoms with van der Waals surface area (Å²) in [7, 11) is 0. The van der Waals surface area contributed by atoms with Gasteiger partial charge < -0.3 is 4.74 Å². The minimum atomic E-state index is 0.562. The summed E-state index contributed by atoms with van der Waals surface area (Å²) in [6.07, 6.45) is 1.74. The molecule has 1 aromatic heterocycles. The summed E-state index contributed by atoms with van der Waals surface area (Å²) in [5, 5.41) is 8.91. The van der Waals surface area contributed by atoms with E-state index in [-0.39, 0.29) is 0 Å². The van der Waals surface area contributed by atoms with Gasteiger partial charge in [-0.2, -0.15) is 0 Å². The SMILES string of the molecule is Cc1ccc(Cl)c(Oc2ccccc2-n2nncc2-c2ccccc2)c1. The molecule has 0 fully saturated rings. The summed E-state index contributed by atoms with van der Waals surface area (Å²) in [5.74, 6) is 1.27. The molecule has 4 aromatic rings. The van der Waals surface area contributed by atoms with E-state index in [2.05, 4.69) is 10.3 Å². The quantitative estimate of drug-likeness (QED) is 0.469. The first-order valence-electron chi connectivity index (χ1n) is 8.22. The highest BCUT2D eigenvalue weighted by atomic mass is 35.5. The monoisotopic (exact) mass is 361 g/mol. The molecule has 0 unspecified atom stereocenters. The van der Waals surface area contributed by atoms with Gasteiger partial charge in [-0.1, -0.05) is 65.3 Å². The summed E-state index contributed by atoms with van der Waals surface area (Å²) in [6, 6.07) is 23.4. The molecule has 3 aromatic carbocycles. The Bertz CT molecular complexity index is 1040. The fraction of sp³-hybridized carbons (Fsp3) is 0.0476. The van der Waals surface area contributed by atoms with Crippen molar-refractivity contribution in [2.45, 2.75) is 6.92 Å². The maximum Gasteiger partial charge on any atom is 0.153 e. The van der Waals surface area contributed by atoms with Crippen molar-refractivity contribution in [3.05, 3.63) is 89.6 Å². The molecular weight excluding hydrogens is 346 g/mol. The number of hydrogen-bond acceptors (Lipinski definition) is 3. The van der Waals surface area contributed by atoms with Gasteiger partial charge in [-0.3, -0.25) is 0 Å². The lowest BCUT2D eigenvalue weighted by Gasteiger charge is -2.14. The fourth-order valence-electron chi connectivity index (χ4n) is 2.74. The summed E-state index contributed by atoms with van der Waals surface area (Å²) in [4.78, 5) is 0. The molecule has 0 saturated heterocycles. The average molecular weight is 362 g/mol. The second-order valence-corrected chi connectivity index (χ2v) is 6.31. The number of rotatable bonds is 4. The molecule has 4 rings (SSSR count). The molecule has 4 nitrogen and oxygen atoms in total. The van der Waals surface area contributed by atoms with Gasteiger partial charge in [0.15, 0.2) is 5.75 Å². The van der Waals surface area contributed by atoms with Gasteiger partial charge in [0.25, 0.3) is 0 Å². The molecule has 0 bridgehead atoms. The van der Waals surface area contributed by atoms with E-state index in [0.717, 1.165) is 22.5 Å². The van der Waals surface area contributed by atoms with Crippen molar-refractivity contribution in [3.8, 4) is 28.4 Å². The third-order valence-corrected chi connectivity index (χ3v) is 4.33. The van der Waals surface area contributed by atoms with Crippen LogP contribution >= 0.6 is 11.6 Å². The number of halogens is 1. The van der Waals surface area contributed by atoms with E-state index in [4.69, 9.17) is 16.3 Å². The first-order valence-corrected chi connectivity index (χ1v) is 8.60. The fourth-order valence-corrected chi connectivity index (χ4v) is 2.90. The number of nitrogens with zero attached hydrogens (tertiary/aromatic N) is 3. The van der Waals surface area contributed by atoms with Crippen LogP contribution in [-0.4, -0.2) is 15.0 Å². The van der Waals surface area contributed by atoms with Gasteiger partial charge in [-0.25, -0.2) is 4.68 Å². The maximum atomic E-state index is 6.29. The van der Waals surface area contributed by atoms with Crippen LogP contribution in [-0.2, 0) is 0 Å². The van der Waals surface area contributed by atoms with Crippen LogP contribution in [0.25, 0.3) is 16.9 Å². The van der Waals surface area contributed by atoms with Gasteiger partial charge in [0, 0.05) is 5.56 Å². The second kappa shape index (κ2) is 7.02. The molecule has 0 radical (unpaired) electrons. The molecule has 128 valence electrons. The normalized spacial score (nSPS) is 10.7. The molecule has 0 spiro atoms. The number of ether oxygens (including phenoxy) is 1. The van der Waals surface area contributed by atoms with Crippen LogP contribution in [0, 0.1) is 6.92 Å². The van der Waals surface area contributed by atoms with Crippen LogP contribution in [0.1, 0.15) is 5.56 Å². The zero-order valence-electron chi connectivity index (χ0n) is 14.1. The maximum absolute atomic E-state index is 6.29. The van der Waals surface area contributed by atoms with Gasteiger partial charge >= 0.3 is 0 Å². The lowest BCUT2D eigenvalue weighted by atomic mass is 10.1. The predicted octanol–water partition coefficient (Wildman–Crippen LogP) is 5.69. The van der Waals surface area contributed by atoms with E-state index in [0.29, 0.717) is 16.5 Å². The molecule has 0 saturated carbocycles. The summed E-state index contributed by atoms with van der Waals surface area (Å²) in [5.41, 5.74) is 3.78. The number of aromatic nitrogens is 3. The first kappa shape index (κ1) is 16.4. The predicted molar refractivity (Wildman–Crippen MR) is 103 cm³/mol. The zero-order chi connectivity index (χ0) is 17.9. The van der Waals surface area contributed by atoms with Crippen LogP contribution in [0.15, 0.2) is 79.0 Å². The molecule has 0 aliphatic rings. The number of para-hydroxylation sites is 2. The molecular formula is C21H16ClN3O. The zero-order valence-corrected chi connectivity index (χ0v) is 14.9. The number of hydrogen-bond donors (Lipinski definition) is 0. The molecule has 0 atom stereocenters. The highest BCUT2D eigenvalue weighted by molar-refractivity contribution is 6.32. The molecule has 0 amide bonds. The Kier molecular flexibility index (Phi) is 4.42. The van der Waals surface area contributed by atoms with Crippen LogP contribution in [0.3, 0.4) is 0 Å². The Morgan fingerprint density at radius 1 is 0.885 bits per heavy atom. The number of benzene rings is 3. The summed E-state index contributed by atoms with van der Waals surface area (Å²) < 4.78 is 7.89. The lowest BCUT2D eigenvalue weighted by Crippen LogP contribution is -2.02. The van der Waals surface area contributed by atoms with Gasteiger partial charge in [0.1, 0.15) is 11.4 Å². The Hall–Kier alpha value is -3.11. The standard InChI is InChI=1S/C21H16ClN3O/c1-15-11-12-17(22)21(13-15)26-20-10-6-5-9-18(20)25-19(14-23-24-25)16-7-3-2-4-8-16/h2-14H,1H3. The largest absolute Gasteiger partial charge is 0.454 e. The van der Waals surface area contributed by atoms with Gasteiger partial charge in [0.05, 0.1) is 16.9 Å². The van der Waals surface area contributed by atoms with Crippen molar-refractivity contribution >= 4 is 11.6 Å². The van der Waals surface area contributed by atoms with Crippen LogP contribution in [0.5, 0.6) is 11.5 Å². The third-order valence-electron chi connectivity index (χ3n) is 4.02. The van der Waals surface area contributed by atoms with E-state index in [1.807, 2.05) is 79.7 Å². The van der Waals surface area contributed by atoms with E-state index >= 15 is 0 Å². The van der Waals surface area contributed by atoms with Crippen LogP contribution < -0.4 is 4.74 Å². The summed E-state index contributed by atoms with van der Waals surface area (Å²) in [6.45, 7) is 2.00. The molecule has 0 aliphatic heterocycles. The molecule has 0 N–H and O–H groups in total. The topological polar surface area (TPSA) is 39.9 Å². The number of aryl methyl sites for hydroxylation is 1. The Labute approximate surface area is 156 Å². The Morgan fingerprint density at radius 2 is 1.65 bits per heavy atom. The van der Waals surface area contributed by atoms with Crippen molar-refractivity contribution < 1.29 is 4.74 Å². The lowest BCUT2D eigenvalue weighted by molar-refractivity contribution is 0.477. The van der Waals surface area contributed by atoms with E-state index in [1.54, 1.807) is 10.9 Å². The van der Waals surface area contributed by atoms with E-state index in [9.17, 15) is 0 Å². The van der Waals surface area contributed by atoms with E-state index < -0.39 is 0 Å². The average Bonchev–Trinajstić information content (AvgIpc) is 3.15. The van der Waals surface area contributed by atoms with Crippen LogP contribution in [0.2, 0.25) is 5.02 Å². The van der Waals surface area contributed by atoms with Crippen molar-refractivity contribution in [1.29, 1.82) is 0 Å². The van der Waals surface area contributed by atoms with Crippen molar-refractivity contribution in [2.75, 3.05) is 0 Å². The van der Waals surface area contributed by atoms with Crippen LogP contribution in [0.4, 0.5) is 0 Å². The molecule has 1 heterocycles. The van der Waals surface area contributed by atoms with Gasteiger partial charge in [-0.15, -0.1) is 5.10 Å². The smallest absolute Gasteiger partial charge is 0.153 e. The molecule has 0 aliphatic carbocycles. The van der Waals surface area contributed by atoms with Crippen molar-refractivity contribution in [1.82, 2.24) is 15.0 Å². The third kappa shape index (κ3) is 3.19. The highest BCUT2D eigenvalue weighted by Gasteiger charge is 2.14.